The van der Waals surface area contributed by atoms with Gasteiger partial charge in [-0.1, -0.05) is 46.0 Å². The molecule has 2 aromatic rings. The van der Waals surface area contributed by atoms with E-state index in [1.807, 2.05) is 0 Å². The number of hydrogen-bond acceptors (Lipinski definition) is 6. The van der Waals surface area contributed by atoms with E-state index in [0.717, 1.165) is 5.69 Å². The van der Waals surface area contributed by atoms with Gasteiger partial charge in [0.25, 0.3) is 5.56 Å². The summed E-state index contributed by atoms with van der Waals surface area (Å²) >= 11 is 1.22. The Balaban J connectivity index is 2.66. The summed E-state index contributed by atoms with van der Waals surface area (Å²) in [5, 5.41) is 13.2. The molecule has 0 aliphatic heterocycles. The van der Waals surface area contributed by atoms with Crippen LogP contribution in [0.1, 0.15) is 40.3 Å². The number of nitrogens with two attached hydrogens (primary N) is 1. The maximum absolute atomic E-state index is 12.6. The molecule has 0 bridgehead atoms. The summed E-state index contributed by atoms with van der Waals surface area (Å²) in [4.78, 5) is 12.6. The number of nitrogen functional groups attached to an aromatic ring is 1. The SMILES string of the molecule is CC(C)Cn1nc(C(C)(C)C)cc(-c2nnc(N)s2)c1=O. The average Bonchev–Trinajstić information content (AvgIpc) is 2.76. The van der Waals surface area contributed by atoms with Crippen molar-refractivity contribution in [1.82, 2.24) is 20.0 Å². The van der Waals surface area contributed by atoms with Crippen LogP contribution in [0.15, 0.2) is 10.9 Å². The first-order chi connectivity index (χ1) is 9.68. The standard InChI is InChI=1S/C14H21N5OS/c1-8(2)7-19-12(20)9(11-16-17-13(15)21-11)6-10(18-19)14(3,4)5/h6,8H,7H2,1-5H3,(H2,15,17). The van der Waals surface area contributed by atoms with Crippen molar-refractivity contribution in [1.29, 1.82) is 0 Å². The summed E-state index contributed by atoms with van der Waals surface area (Å²) in [6.07, 6.45) is 0. The number of anilines is 1. The number of aromatic nitrogens is 4. The van der Waals surface area contributed by atoms with Gasteiger partial charge in [0.15, 0.2) is 5.01 Å². The van der Waals surface area contributed by atoms with E-state index < -0.39 is 0 Å². The van der Waals surface area contributed by atoms with Crippen LogP contribution in [0.4, 0.5) is 5.13 Å². The van der Waals surface area contributed by atoms with Crippen molar-refractivity contribution < 1.29 is 0 Å². The molecule has 2 N–H and O–H groups in total. The molecule has 0 aromatic carbocycles. The largest absolute Gasteiger partial charge is 0.374 e. The molecular weight excluding hydrogens is 286 g/mol. The molecule has 7 heteroatoms. The van der Waals surface area contributed by atoms with Crippen LogP contribution in [0.25, 0.3) is 10.6 Å². The van der Waals surface area contributed by atoms with Crippen molar-refractivity contribution >= 4 is 16.5 Å². The van der Waals surface area contributed by atoms with Gasteiger partial charge in [0.05, 0.1) is 11.3 Å². The van der Waals surface area contributed by atoms with Gasteiger partial charge in [0.1, 0.15) is 0 Å². The average molecular weight is 307 g/mol. The Morgan fingerprint density at radius 3 is 2.48 bits per heavy atom. The molecule has 0 saturated heterocycles. The van der Waals surface area contributed by atoms with Crippen molar-refractivity contribution in [3.63, 3.8) is 0 Å². The maximum Gasteiger partial charge on any atom is 0.277 e. The molecule has 114 valence electrons. The lowest BCUT2D eigenvalue weighted by Crippen LogP contribution is -2.30. The highest BCUT2D eigenvalue weighted by Gasteiger charge is 2.21. The summed E-state index contributed by atoms with van der Waals surface area (Å²) in [6.45, 7) is 10.9. The lowest BCUT2D eigenvalue weighted by atomic mass is 9.91. The van der Waals surface area contributed by atoms with Crippen LogP contribution >= 0.6 is 11.3 Å². The lowest BCUT2D eigenvalue weighted by molar-refractivity contribution is 0.439. The zero-order valence-electron chi connectivity index (χ0n) is 13.0. The minimum Gasteiger partial charge on any atom is -0.374 e. The molecule has 0 radical (unpaired) electrons. The van der Waals surface area contributed by atoms with Crippen molar-refractivity contribution in [2.24, 2.45) is 5.92 Å². The first kappa shape index (κ1) is 15.6. The van der Waals surface area contributed by atoms with Crippen molar-refractivity contribution in [3.05, 3.63) is 22.1 Å². The molecule has 2 aromatic heterocycles. The Kier molecular flexibility index (Phi) is 4.13. The molecular formula is C14H21N5OS. The molecule has 0 aliphatic rings. The molecule has 0 fully saturated rings. The minimum atomic E-state index is -0.155. The second kappa shape index (κ2) is 5.55. The quantitative estimate of drug-likeness (QED) is 0.940. The van der Waals surface area contributed by atoms with Crippen LogP contribution in [0, 0.1) is 5.92 Å². The molecule has 2 heterocycles. The van der Waals surface area contributed by atoms with Gasteiger partial charge in [-0.15, -0.1) is 10.2 Å². The number of nitrogens with zero attached hydrogens (tertiary/aromatic N) is 4. The van der Waals surface area contributed by atoms with Crippen molar-refractivity contribution in [3.8, 4) is 10.6 Å². The smallest absolute Gasteiger partial charge is 0.277 e. The summed E-state index contributed by atoms with van der Waals surface area (Å²) in [7, 11) is 0. The van der Waals surface area contributed by atoms with Crippen LogP contribution in [0.5, 0.6) is 0 Å². The van der Waals surface area contributed by atoms with Gasteiger partial charge >= 0.3 is 0 Å². The van der Waals surface area contributed by atoms with E-state index >= 15 is 0 Å². The van der Waals surface area contributed by atoms with E-state index in [4.69, 9.17) is 5.73 Å². The molecule has 6 nitrogen and oxygen atoms in total. The molecule has 0 saturated carbocycles. The van der Waals surface area contributed by atoms with E-state index in [9.17, 15) is 4.79 Å². The second-order valence-corrected chi connectivity index (χ2v) is 7.53. The van der Waals surface area contributed by atoms with Gasteiger partial charge in [-0.2, -0.15) is 5.10 Å². The van der Waals surface area contributed by atoms with Gasteiger partial charge in [0.2, 0.25) is 5.13 Å². The summed E-state index contributed by atoms with van der Waals surface area (Å²) in [5.41, 5.74) is 6.70. The highest BCUT2D eigenvalue weighted by Crippen LogP contribution is 2.26. The van der Waals surface area contributed by atoms with Gasteiger partial charge in [0, 0.05) is 12.0 Å². The highest BCUT2D eigenvalue weighted by atomic mass is 32.1. The molecule has 0 aliphatic carbocycles. The Morgan fingerprint density at radius 2 is 2.00 bits per heavy atom. The molecule has 0 amide bonds. The third-order valence-electron chi connectivity index (χ3n) is 2.95. The van der Waals surface area contributed by atoms with E-state index in [2.05, 4.69) is 49.9 Å². The number of rotatable bonds is 3. The predicted octanol–water partition coefficient (Wildman–Crippen LogP) is 2.30. The van der Waals surface area contributed by atoms with Crippen LogP contribution in [0.3, 0.4) is 0 Å². The monoisotopic (exact) mass is 307 g/mol. The fourth-order valence-corrected chi connectivity index (χ4v) is 2.49. The zero-order chi connectivity index (χ0) is 15.8. The van der Waals surface area contributed by atoms with Crippen LogP contribution in [0.2, 0.25) is 0 Å². The Labute approximate surface area is 128 Å². The first-order valence-corrected chi connectivity index (χ1v) is 7.72. The Morgan fingerprint density at radius 1 is 1.33 bits per heavy atom. The fraction of sp³-hybridized carbons (Fsp3) is 0.571. The molecule has 0 unspecified atom stereocenters. The van der Waals surface area contributed by atoms with Gasteiger partial charge in [-0.05, 0) is 12.0 Å². The summed E-state index contributed by atoms with van der Waals surface area (Å²) < 4.78 is 1.53. The molecule has 0 spiro atoms. The van der Waals surface area contributed by atoms with Gasteiger partial charge in [-0.25, -0.2) is 4.68 Å². The van der Waals surface area contributed by atoms with Crippen molar-refractivity contribution in [2.75, 3.05) is 5.73 Å². The lowest BCUT2D eigenvalue weighted by Gasteiger charge is -2.20. The summed E-state index contributed by atoms with van der Waals surface area (Å²) in [6, 6.07) is 1.80. The van der Waals surface area contributed by atoms with E-state index in [-0.39, 0.29) is 11.0 Å². The van der Waals surface area contributed by atoms with Crippen LogP contribution in [-0.4, -0.2) is 20.0 Å². The van der Waals surface area contributed by atoms with E-state index in [0.29, 0.717) is 28.2 Å². The van der Waals surface area contributed by atoms with Crippen LogP contribution < -0.4 is 11.3 Å². The fourth-order valence-electron chi connectivity index (χ4n) is 1.87. The molecule has 0 atom stereocenters. The van der Waals surface area contributed by atoms with E-state index in [1.54, 1.807) is 6.07 Å². The van der Waals surface area contributed by atoms with E-state index in [1.165, 1.54) is 16.0 Å². The normalized spacial score (nSPS) is 12.1. The Bertz CT molecular complexity index is 696. The molecule has 2 rings (SSSR count). The van der Waals surface area contributed by atoms with Crippen LogP contribution in [-0.2, 0) is 12.0 Å². The zero-order valence-corrected chi connectivity index (χ0v) is 13.9. The third-order valence-corrected chi connectivity index (χ3v) is 3.74. The highest BCUT2D eigenvalue weighted by molar-refractivity contribution is 7.18. The topological polar surface area (TPSA) is 86.7 Å². The summed E-state index contributed by atoms with van der Waals surface area (Å²) in [5.74, 6) is 0.331. The van der Waals surface area contributed by atoms with Gasteiger partial charge < -0.3 is 5.73 Å². The Hall–Kier alpha value is -1.76. The van der Waals surface area contributed by atoms with Gasteiger partial charge in [-0.3, -0.25) is 4.79 Å². The molecule has 21 heavy (non-hydrogen) atoms. The first-order valence-electron chi connectivity index (χ1n) is 6.90. The third kappa shape index (κ3) is 3.47. The maximum atomic E-state index is 12.6. The minimum absolute atomic E-state index is 0.146. The second-order valence-electron chi connectivity index (χ2n) is 6.52. The predicted molar refractivity (Wildman–Crippen MR) is 85.4 cm³/mol. The van der Waals surface area contributed by atoms with Crippen molar-refractivity contribution in [2.45, 2.75) is 46.6 Å². The number of hydrogen-bond donors (Lipinski definition) is 1.